The average molecular weight is 278 g/mol. The predicted octanol–water partition coefficient (Wildman–Crippen LogP) is 3.29. The van der Waals surface area contributed by atoms with Gasteiger partial charge in [-0.15, -0.1) is 11.3 Å². The van der Waals surface area contributed by atoms with E-state index in [1.165, 1.54) is 51.6 Å². The molecule has 0 saturated carbocycles. The van der Waals surface area contributed by atoms with Crippen molar-refractivity contribution in [2.24, 2.45) is 0 Å². The van der Waals surface area contributed by atoms with Crippen LogP contribution in [0.4, 0.5) is 0 Å². The van der Waals surface area contributed by atoms with E-state index in [0.29, 0.717) is 0 Å². The highest BCUT2D eigenvalue weighted by atomic mass is 32.1. The number of hydrogen-bond acceptors (Lipinski definition) is 3. The van der Waals surface area contributed by atoms with Gasteiger partial charge in [-0.25, -0.2) is 0 Å². The molecular weight excluding hydrogens is 252 g/mol. The lowest BCUT2D eigenvalue weighted by atomic mass is 9.97. The fourth-order valence-corrected chi connectivity index (χ4v) is 4.55. The molecule has 3 rings (SSSR count). The van der Waals surface area contributed by atoms with Crippen molar-refractivity contribution in [2.45, 2.75) is 63.6 Å². The van der Waals surface area contributed by atoms with Crippen LogP contribution in [0.5, 0.6) is 0 Å². The van der Waals surface area contributed by atoms with Gasteiger partial charge < -0.3 is 5.32 Å². The van der Waals surface area contributed by atoms with E-state index in [4.69, 9.17) is 0 Å². The summed E-state index contributed by atoms with van der Waals surface area (Å²) in [5, 5.41) is 5.94. The number of fused-ring (bicyclic) bond motifs is 2. The van der Waals surface area contributed by atoms with Crippen molar-refractivity contribution in [1.82, 2.24) is 10.2 Å². The molecule has 0 aromatic carbocycles. The standard InChI is InChI=1S/C16H26N2S/c1-2-8-17-13-11-14-5-6-15(12-13)18(14)9-7-16-4-3-10-19-16/h3-4,10,13-15,17H,2,5-9,11-12H2,1H3. The maximum Gasteiger partial charge on any atom is 0.0114 e. The van der Waals surface area contributed by atoms with Crippen LogP contribution in [0.25, 0.3) is 0 Å². The summed E-state index contributed by atoms with van der Waals surface area (Å²) in [7, 11) is 0. The highest BCUT2D eigenvalue weighted by Crippen LogP contribution is 2.35. The fraction of sp³-hybridized carbons (Fsp3) is 0.750. The number of hydrogen-bond donors (Lipinski definition) is 1. The lowest BCUT2D eigenvalue weighted by molar-refractivity contribution is 0.119. The van der Waals surface area contributed by atoms with Gasteiger partial charge in [0.2, 0.25) is 0 Å². The fourth-order valence-electron chi connectivity index (χ4n) is 3.85. The zero-order valence-corrected chi connectivity index (χ0v) is 12.8. The molecule has 19 heavy (non-hydrogen) atoms. The lowest BCUT2D eigenvalue weighted by Crippen LogP contribution is -2.49. The molecule has 2 aliphatic heterocycles. The predicted molar refractivity (Wildman–Crippen MR) is 82.9 cm³/mol. The number of rotatable bonds is 6. The molecule has 2 unspecified atom stereocenters. The van der Waals surface area contributed by atoms with Gasteiger partial charge in [0, 0.05) is 29.5 Å². The first kappa shape index (κ1) is 13.6. The van der Waals surface area contributed by atoms with Crippen LogP contribution in [0, 0.1) is 0 Å². The molecule has 3 heteroatoms. The van der Waals surface area contributed by atoms with Gasteiger partial charge in [0.05, 0.1) is 0 Å². The maximum absolute atomic E-state index is 3.74. The Morgan fingerprint density at radius 3 is 2.74 bits per heavy atom. The SMILES string of the molecule is CCCNC1CC2CCC(C1)N2CCc1cccs1. The molecule has 2 atom stereocenters. The summed E-state index contributed by atoms with van der Waals surface area (Å²) in [4.78, 5) is 4.36. The van der Waals surface area contributed by atoms with Crippen LogP contribution in [0.15, 0.2) is 17.5 Å². The first-order valence-corrected chi connectivity index (χ1v) is 8.76. The minimum atomic E-state index is 0.787. The van der Waals surface area contributed by atoms with Crippen molar-refractivity contribution >= 4 is 11.3 Å². The number of piperidine rings is 1. The van der Waals surface area contributed by atoms with Crippen LogP contribution in [0.2, 0.25) is 0 Å². The second-order valence-corrected chi connectivity index (χ2v) is 7.11. The van der Waals surface area contributed by atoms with E-state index >= 15 is 0 Å². The average Bonchev–Trinajstić information content (AvgIpc) is 3.01. The van der Waals surface area contributed by atoms with Crippen LogP contribution in [0.1, 0.15) is 43.9 Å². The molecular formula is C16H26N2S. The lowest BCUT2D eigenvalue weighted by Gasteiger charge is -2.39. The summed E-state index contributed by atoms with van der Waals surface area (Å²) in [6.07, 6.45) is 8.12. The van der Waals surface area contributed by atoms with E-state index in [-0.39, 0.29) is 0 Å². The van der Waals surface area contributed by atoms with Crippen molar-refractivity contribution in [3.8, 4) is 0 Å². The highest BCUT2D eigenvalue weighted by Gasteiger charge is 2.39. The molecule has 2 aliphatic rings. The smallest absolute Gasteiger partial charge is 0.0114 e. The van der Waals surface area contributed by atoms with Crippen molar-refractivity contribution in [3.63, 3.8) is 0 Å². The largest absolute Gasteiger partial charge is 0.314 e. The Balaban J connectivity index is 1.51. The minimum absolute atomic E-state index is 0.787. The van der Waals surface area contributed by atoms with Crippen LogP contribution >= 0.6 is 11.3 Å². The van der Waals surface area contributed by atoms with Gasteiger partial charge in [-0.05, 0) is 56.5 Å². The molecule has 2 bridgehead atoms. The Morgan fingerprint density at radius 2 is 2.11 bits per heavy atom. The summed E-state index contributed by atoms with van der Waals surface area (Å²) in [6, 6.07) is 6.95. The molecule has 2 fully saturated rings. The van der Waals surface area contributed by atoms with Crippen LogP contribution < -0.4 is 5.32 Å². The molecule has 2 nitrogen and oxygen atoms in total. The van der Waals surface area contributed by atoms with Crippen molar-refractivity contribution in [3.05, 3.63) is 22.4 Å². The molecule has 0 spiro atoms. The first-order chi connectivity index (χ1) is 9.36. The molecule has 3 heterocycles. The summed E-state index contributed by atoms with van der Waals surface area (Å²) in [5.74, 6) is 0. The molecule has 1 N–H and O–H groups in total. The third kappa shape index (κ3) is 3.21. The van der Waals surface area contributed by atoms with Gasteiger partial charge in [0.25, 0.3) is 0 Å². The summed E-state index contributed by atoms with van der Waals surface area (Å²) < 4.78 is 0. The molecule has 0 aliphatic carbocycles. The Hall–Kier alpha value is -0.380. The normalized spacial score (nSPS) is 30.9. The second kappa shape index (κ2) is 6.38. The van der Waals surface area contributed by atoms with E-state index in [9.17, 15) is 0 Å². The molecule has 1 aromatic rings. The van der Waals surface area contributed by atoms with Crippen molar-refractivity contribution in [1.29, 1.82) is 0 Å². The van der Waals surface area contributed by atoms with Gasteiger partial charge in [0.1, 0.15) is 0 Å². The zero-order chi connectivity index (χ0) is 13.1. The first-order valence-electron chi connectivity index (χ1n) is 7.88. The highest BCUT2D eigenvalue weighted by molar-refractivity contribution is 7.09. The van der Waals surface area contributed by atoms with Gasteiger partial charge in [-0.1, -0.05) is 13.0 Å². The van der Waals surface area contributed by atoms with E-state index in [0.717, 1.165) is 18.1 Å². The molecule has 0 amide bonds. The van der Waals surface area contributed by atoms with Crippen LogP contribution in [-0.2, 0) is 6.42 Å². The van der Waals surface area contributed by atoms with Gasteiger partial charge in [-0.2, -0.15) is 0 Å². The third-order valence-electron chi connectivity index (χ3n) is 4.76. The van der Waals surface area contributed by atoms with Crippen molar-refractivity contribution in [2.75, 3.05) is 13.1 Å². The molecule has 0 radical (unpaired) electrons. The molecule has 106 valence electrons. The minimum Gasteiger partial charge on any atom is -0.314 e. The number of nitrogens with zero attached hydrogens (tertiary/aromatic N) is 1. The molecule has 1 aromatic heterocycles. The van der Waals surface area contributed by atoms with Crippen LogP contribution in [0.3, 0.4) is 0 Å². The second-order valence-electron chi connectivity index (χ2n) is 6.07. The van der Waals surface area contributed by atoms with E-state index < -0.39 is 0 Å². The number of thiophene rings is 1. The Bertz CT molecular complexity index is 362. The van der Waals surface area contributed by atoms with Crippen LogP contribution in [-0.4, -0.2) is 36.1 Å². The Labute approximate surface area is 121 Å². The zero-order valence-electron chi connectivity index (χ0n) is 12.0. The van der Waals surface area contributed by atoms with Crippen molar-refractivity contribution < 1.29 is 0 Å². The monoisotopic (exact) mass is 278 g/mol. The topological polar surface area (TPSA) is 15.3 Å². The van der Waals surface area contributed by atoms with Gasteiger partial charge in [-0.3, -0.25) is 4.90 Å². The van der Waals surface area contributed by atoms with Gasteiger partial charge in [0.15, 0.2) is 0 Å². The Morgan fingerprint density at radius 1 is 1.32 bits per heavy atom. The summed E-state index contributed by atoms with van der Waals surface area (Å²) in [5.41, 5.74) is 0. The van der Waals surface area contributed by atoms with Gasteiger partial charge >= 0.3 is 0 Å². The maximum atomic E-state index is 3.74. The number of nitrogens with one attached hydrogen (secondary N) is 1. The summed E-state index contributed by atoms with van der Waals surface area (Å²) >= 11 is 1.91. The Kier molecular flexibility index (Phi) is 4.57. The molecule has 2 saturated heterocycles. The third-order valence-corrected chi connectivity index (χ3v) is 5.70. The van der Waals surface area contributed by atoms with E-state index in [2.05, 4.69) is 34.7 Å². The van der Waals surface area contributed by atoms with E-state index in [1.807, 2.05) is 11.3 Å². The van der Waals surface area contributed by atoms with E-state index in [1.54, 1.807) is 4.88 Å². The summed E-state index contributed by atoms with van der Waals surface area (Å²) in [6.45, 7) is 4.73. The quantitative estimate of drug-likeness (QED) is 0.859.